The molecule has 0 bridgehead atoms. The average Bonchev–Trinajstić information content (AvgIpc) is 1.87. The van der Waals surface area contributed by atoms with Crippen molar-refractivity contribution >= 4 is 5.82 Å². The number of hydrogen-bond acceptors (Lipinski definition) is 4. The van der Waals surface area contributed by atoms with E-state index in [0.717, 1.165) is 0 Å². The minimum atomic E-state index is 0.211. The standard InChI is InChI=1S/C2H4N4O/c3-2-1-6(7)5-4-2/h1,7H,3H2. The summed E-state index contributed by atoms with van der Waals surface area (Å²) in [5.41, 5.74) is 5.02. The van der Waals surface area contributed by atoms with Crippen molar-refractivity contribution in [3.8, 4) is 0 Å². The lowest BCUT2D eigenvalue weighted by atomic mass is 10.8. The van der Waals surface area contributed by atoms with E-state index in [4.69, 9.17) is 10.9 Å². The quantitative estimate of drug-likeness (QED) is 0.414. The average molecular weight is 100 g/mol. The fraction of sp³-hybridized carbons (Fsp3) is 0. The van der Waals surface area contributed by atoms with Gasteiger partial charge in [0.25, 0.3) is 0 Å². The van der Waals surface area contributed by atoms with Crippen LogP contribution in [0, 0.1) is 0 Å². The highest BCUT2D eigenvalue weighted by Gasteiger charge is 1.86. The third-order valence-corrected chi connectivity index (χ3v) is 0.500. The Hall–Kier alpha value is -1.26. The van der Waals surface area contributed by atoms with Gasteiger partial charge in [0.1, 0.15) is 6.20 Å². The minimum absolute atomic E-state index is 0.211. The molecule has 5 nitrogen and oxygen atoms in total. The van der Waals surface area contributed by atoms with Crippen LogP contribution in [0.25, 0.3) is 0 Å². The van der Waals surface area contributed by atoms with Gasteiger partial charge in [-0.1, -0.05) is 4.85 Å². The van der Waals surface area contributed by atoms with Crippen LogP contribution in [-0.4, -0.2) is 20.4 Å². The third-order valence-electron chi connectivity index (χ3n) is 0.500. The molecule has 0 aliphatic carbocycles. The summed E-state index contributed by atoms with van der Waals surface area (Å²) >= 11 is 0. The zero-order valence-corrected chi connectivity index (χ0v) is 3.44. The van der Waals surface area contributed by atoms with Gasteiger partial charge >= 0.3 is 0 Å². The lowest BCUT2D eigenvalue weighted by molar-refractivity contribution is 0.143. The maximum Gasteiger partial charge on any atom is 0.169 e. The Labute approximate surface area is 39.3 Å². The normalized spacial score (nSPS) is 9.14. The van der Waals surface area contributed by atoms with Gasteiger partial charge in [-0.2, -0.15) is 0 Å². The molecule has 1 rings (SSSR count). The van der Waals surface area contributed by atoms with Crippen molar-refractivity contribution in [1.29, 1.82) is 0 Å². The number of aromatic nitrogens is 3. The maximum atomic E-state index is 8.32. The zero-order valence-electron chi connectivity index (χ0n) is 3.44. The van der Waals surface area contributed by atoms with E-state index in [1.165, 1.54) is 6.20 Å². The number of nitrogen functional groups attached to an aromatic ring is 1. The molecule has 0 aromatic carbocycles. The van der Waals surface area contributed by atoms with Crippen LogP contribution in [0.5, 0.6) is 0 Å². The molecule has 0 spiro atoms. The fourth-order valence-electron chi connectivity index (χ4n) is 0.267. The van der Waals surface area contributed by atoms with Gasteiger partial charge in [0.15, 0.2) is 5.82 Å². The summed E-state index contributed by atoms with van der Waals surface area (Å²) in [5, 5.41) is 14.7. The Morgan fingerprint density at radius 2 is 2.57 bits per heavy atom. The summed E-state index contributed by atoms with van der Waals surface area (Å²) in [6, 6.07) is 0. The van der Waals surface area contributed by atoms with Crippen LogP contribution >= 0.6 is 0 Å². The Bertz CT molecular complexity index is 142. The van der Waals surface area contributed by atoms with Gasteiger partial charge in [0.2, 0.25) is 0 Å². The minimum Gasteiger partial charge on any atom is -0.410 e. The predicted octanol–water partition coefficient (Wildman–Crippen LogP) is -0.902. The molecule has 7 heavy (non-hydrogen) atoms. The van der Waals surface area contributed by atoms with E-state index in [2.05, 4.69) is 10.3 Å². The molecule has 0 unspecified atom stereocenters. The lowest BCUT2D eigenvalue weighted by Gasteiger charge is -1.74. The van der Waals surface area contributed by atoms with Gasteiger partial charge in [-0.25, -0.2) is 0 Å². The van der Waals surface area contributed by atoms with Crippen molar-refractivity contribution in [2.75, 3.05) is 5.73 Å². The molecule has 0 saturated carbocycles. The van der Waals surface area contributed by atoms with Crippen molar-refractivity contribution in [3.05, 3.63) is 6.20 Å². The van der Waals surface area contributed by atoms with E-state index in [-0.39, 0.29) is 5.82 Å². The third kappa shape index (κ3) is 0.594. The molecular formula is C2H4N4O. The second-order valence-corrected chi connectivity index (χ2v) is 1.06. The van der Waals surface area contributed by atoms with E-state index >= 15 is 0 Å². The molecule has 3 N–H and O–H groups in total. The Kier molecular flexibility index (Phi) is 0.619. The van der Waals surface area contributed by atoms with Gasteiger partial charge in [0.05, 0.1) is 0 Å². The van der Waals surface area contributed by atoms with Crippen molar-refractivity contribution in [1.82, 2.24) is 15.2 Å². The molecule has 38 valence electrons. The Morgan fingerprint density at radius 3 is 2.71 bits per heavy atom. The summed E-state index contributed by atoms with van der Waals surface area (Å²) in [6.45, 7) is 0. The van der Waals surface area contributed by atoms with Crippen LogP contribution in [0.1, 0.15) is 0 Å². The molecule has 0 saturated heterocycles. The molecule has 1 heterocycles. The van der Waals surface area contributed by atoms with Crippen molar-refractivity contribution in [3.63, 3.8) is 0 Å². The van der Waals surface area contributed by atoms with Crippen LogP contribution in [0.15, 0.2) is 6.20 Å². The smallest absolute Gasteiger partial charge is 0.169 e. The number of rotatable bonds is 0. The summed E-state index contributed by atoms with van der Waals surface area (Å²) < 4.78 is 0. The number of hydrogen-bond donors (Lipinski definition) is 2. The molecule has 5 heteroatoms. The van der Waals surface area contributed by atoms with Crippen molar-refractivity contribution in [2.45, 2.75) is 0 Å². The van der Waals surface area contributed by atoms with Crippen LogP contribution in [0.3, 0.4) is 0 Å². The molecule has 0 radical (unpaired) electrons. The predicted molar refractivity (Wildman–Crippen MR) is 21.6 cm³/mol. The summed E-state index contributed by atoms with van der Waals surface area (Å²) in [5.74, 6) is 0.211. The highest BCUT2D eigenvalue weighted by molar-refractivity contribution is 5.18. The topological polar surface area (TPSA) is 77.0 Å². The van der Waals surface area contributed by atoms with Crippen molar-refractivity contribution < 1.29 is 5.21 Å². The molecular weight excluding hydrogens is 96.0 g/mol. The Balaban J connectivity index is 3.04. The molecule has 0 amide bonds. The molecule has 0 atom stereocenters. The summed E-state index contributed by atoms with van der Waals surface area (Å²) in [6.07, 6.45) is 1.19. The number of nitrogens with two attached hydrogens (primary N) is 1. The fourth-order valence-corrected chi connectivity index (χ4v) is 0.267. The number of nitrogens with zero attached hydrogens (tertiary/aromatic N) is 3. The van der Waals surface area contributed by atoms with E-state index in [9.17, 15) is 0 Å². The molecule has 1 aromatic heterocycles. The summed E-state index contributed by atoms with van der Waals surface area (Å²) in [4.78, 5) is 0.551. The van der Waals surface area contributed by atoms with Crippen LogP contribution in [0.2, 0.25) is 0 Å². The lowest BCUT2D eigenvalue weighted by Crippen LogP contribution is -1.88. The highest BCUT2D eigenvalue weighted by atomic mass is 16.5. The molecule has 1 aromatic rings. The second kappa shape index (κ2) is 1.11. The zero-order chi connectivity index (χ0) is 5.28. The van der Waals surface area contributed by atoms with E-state index in [1.54, 1.807) is 0 Å². The van der Waals surface area contributed by atoms with Crippen molar-refractivity contribution in [2.24, 2.45) is 0 Å². The van der Waals surface area contributed by atoms with Gasteiger partial charge in [-0.15, -0.1) is 5.10 Å². The van der Waals surface area contributed by atoms with E-state index in [0.29, 0.717) is 4.85 Å². The van der Waals surface area contributed by atoms with E-state index in [1.807, 2.05) is 0 Å². The van der Waals surface area contributed by atoms with Crippen LogP contribution in [-0.2, 0) is 0 Å². The first kappa shape index (κ1) is 3.91. The molecule has 0 aliphatic heterocycles. The van der Waals surface area contributed by atoms with Gasteiger partial charge in [-0.05, 0) is 5.21 Å². The molecule has 0 aliphatic rings. The van der Waals surface area contributed by atoms with Gasteiger partial charge < -0.3 is 10.9 Å². The largest absolute Gasteiger partial charge is 0.410 e. The van der Waals surface area contributed by atoms with Crippen LogP contribution < -0.4 is 5.73 Å². The maximum absolute atomic E-state index is 8.32. The summed E-state index contributed by atoms with van der Waals surface area (Å²) in [7, 11) is 0. The molecule has 0 fully saturated rings. The first-order chi connectivity index (χ1) is 3.29. The van der Waals surface area contributed by atoms with Gasteiger partial charge in [-0.3, -0.25) is 0 Å². The SMILES string of the molecule is Nc1cn(O)nn1. The second-order valence-electron chi connectivity index (χ2n) is 1.06. The van der Waals surface area contributed by atoms with Gasteiger partial charge in [0, 0.05) is 0 Å². The Morgan fingerprint density at radius 1 is 1.86 bits per heavy atom. The first-order valence-corrected chi connectivity index (χ1v) is 1.66. The number of anilines is 1. The van der Waals surface area contributed by atoms with E-state index < -0.39 is 0 Å². The monoisotopic (exact) mass is 100 g/mol. The highest BCUT2D eigenvalue weighted by Crippen LogP contribution is 1.85. The van der Waals surface area contributed by atoms with Crippen LogP contribution in [0.4, 0.5) is 5.82 Å². The first-order valence-electron chi connectivity index (χ1n) is 1.66.